The first kappa shape index (κ1) is 28.2. The number of rotatable bonds is 4. The summed E-state index contributed by atoms with van der Waals surface area (Å²) in [7, 11) is 1.14. The van der Waals surface area contributed by atoms with Crippen molar-refractivity contribution in [2.45, 2.75) is 12.2 Å². The number of morpholine rings is 1. The molecule has 1 saturated heterocycles. The van der Waals surface area contributed by atoms with Gasteiger partial charge in [0.25, 0.3) is 5.91 Å². The predicted octanol–water partition coefficient (Wildman–Crippen LogP) is 3.69. The zero-order chi connectivity index (χ0) is 30.5. The number of aromatic nitrogens is 3. The Morgan fingerprint density at radius 2 is 1.98 bits per heavy atom. The molecule has 0 bridgehead atoms. The highest BCUT2D eigenvalue weighted by atomic mass is 127. The van der Waals surface area contributed by atoms with Gasteiger partial charge in [-0.15, -0.1) is 0 Å². The van der Waals surface area contributed by atoms with Crippen LogP contribution >= 0.6 is 22.6 Å². The number of nitrogens with zero attached hydrogens (tertiary/aromatic N) is 5. The Bertz CT molecular complexity index is 1890. The number of carbonyl (C=O) groups excluding carboxylic acids is 2. The second kappa shape index (κ2) is 11.2. The first-order chi connectivity index (χ1) is 21.4. The molecule has 1 aliphatic carbocycles. The molecule has 1 amide bonds. The topological polar surface area (TPSA) is 125 Å². The summed E-state index contributed by atoms with van der Waals surface area (Å²) in [5, 5.41) is 1.90. The number of methoxy groups -OCH3 is 1. The van der Waals surface area contributed by atoms with Crippen molar-refractivity contribution in [1.82, 2.24) is 19.5 Å². The molecular weight excluding hydrogens is 688 g/mol. The van der Waals surface area contributed by atoms with E-state index in [0.717, 1.165) is 18.2 Å². The van der Waals surface area contributed by atoms with E-state index < -0.39 is 42.3 Å². The number of pyridine rings is 1. The van der Waals surface area contributed by atoms with Gasteiger partial charge >= 0.3 is 6.16 Å². The molecule has 2 aromatic heterocycles. The average Bonchev–Trinajstić information content (AvgIpc) is 3.17. The number of hydrogen-bond acceptors (Lipinski definition) is 10. The highest BCUT2D eigenvalue weighted by Gasteiger charge is 2.47. The normalized spacial score (nSPS) is 18.2. The molecule has 2 aliphatic heterocycles. The molecular formula is C30H23FIN5O7. The third kappa shape index (κ3) is 4.39. The molecule has 2 atom stereocenters. The third-order valence-electron chi connectivity index (χ3n) is 7.88. The van der Waals surface area contributed by atoms with Crippen molar-refractivity contribution in [3.05, 3.63) is 97.6 Å². The van der Waals surface area contributed by atoms with Gasteiger partial charge in [0.2, 0.25) is 18.0 Å². The number of amides is 1. The summed E-state index contributed by atoms with van der Waals surface area (Å²) < 4.78 is 39.0. The van der Waals surface area contributed by atoms with Crippen LogP contribution in [0.15, 0.2) is 66.0 Å². The van der Waals surface area contributed by atoms with Gasteiger partial charge in [-0.05, 0) is 45.3 Å². The van der Waals surface area contributed by atoms with Crippen LogP contribution in [0.5, 0.6) is 5.75 Å². The van der Waals surface area contributed by atoms with Gasteiger partial charge in [-0.2, -0.15) is 0 Å². The molecule has 44 heavy (non-hydrogen) atoms. The Kier molecular flexibility index (Phi) is 7.16. The van der Waals surface area contributed by atoms with E-state index in [1.54, 1.807) is 21.8 Å². The van der Waals surface area contributed by atoms with Crippen LogP contribution in [0.25, 0.3) is 22.4 Å². The molecule has 0 saturated carbocycles. The minimum absolute atomic E-state index is 0.0734. The lowest BCUT2D eigenvalue weighted by Crippen LogP contribution is -2.66. The van der Waals surface area contributed by atoms with Crippen molar-refractivity contribution >= 4 is 34.7 Å². The SMILES string of the molecule is COC(=O)OCOc1c2n(ccc1=O)N([C@@H]1c3ccccc3-c3cncnc3-c3c1ccc(I)c3F)[C@@H]1COCCN1C2=O. The van der Waals surface area contributed by atoms with E-state index >= 15 is 4.39 Å². The molecule has 7 rings (SSSR count). The second-order valence-electron chi connectivity index (χ2n) is 10.1. The van der Waals surface area contributed by atoms with Crippen molar-refractivity contribution < 1.29 is 32.9 Å². The molecule has 0 unspecified atom stereocenters. The van der Waals surface area contributed by atoms with Gasteiger partial charge in [0, 0.05) is 39.7 Å². The highest BCUT2D eigenvalue weighted by Crippen LogP contribution is 2.48. The van der Waals surface area contributed by atoms with Crippen molar-refractivity contribution in [1.29, 1.82) is 0 Å². The van der Waals surface area contributed by atoms with Crippen molar-refractivity contribution in [2.24, 2.45) is 0 Å². The summed E-state index contributed by atoms with van der Waals surface area (Å²) in [6.45, 7) is -0.00629. The van der Waals surface area contributed by atoms with E-state index in [1.165, 1.54) is 18.6 Å². The Balaban J connectivity index is 1.51. The smallest absolute Gasteiger partial charge is 0.451 e. The lowest BCUT2D eigenvalue weighted by atomic mass is 9.92. The number of fused-ring (bicyclic) bond motifs is 7. The van der Waals surface area contributed by atoms with Crippen molar-refractivity contribution in [2.75, 3.05) is 38.7 Å². The quantitative estimate of drug-likeness (QED) is 0.176. The summed E-state index contributed by atoms with van der Waals surface area (Å²) in [6.07, 6.45) is 2.88. The third-order valence-corrected chi connectivity index (χ3v) is 8.72. The van der Waals surface area contributed by atoms with Gasteiger partial charge in [-0.25, -0.2) is 19.2 Å². The van der Waals surface area contributed by atoms with Gasteiger partial charge in [0.05, 0.1) is 32.1 Å². The minimum atomic E-state index is -1.01. The van der Waals surface area contributed by atoms with E-state index in [0.29, 0.717) is 26.0 Å². The Morgan fingerprint density at radius 1 is 1.14 bits per heavy atom. The number of hydrogen-bond donors (Lipinski definition) is 0. The van der Waals surface area contributed by atoms with Crippen LogP contribution in [-0.2, 0) is 14.2 Å². The van der Waals surface area contributed by atoms with Gasteiger partial charge in [-0.3, -0.25) is 19.3 Å². The van der Waals surface area contributed by atoms with Crippen LogP contribution in [0.1, 0.15) is 27.7 Å². The molecule has 0 spiro atoms. The molecule has 3 aliphatic rings. The molecule has 0 N–H and O–H groups in total. The van der Waals surface area contributed by atoms with E-state index in [9.17, 15) is 14.4 Å². The molecule has 12 nitrogen and oxygen atoms in total. The molecule has 2 aromatic carbocycles. The molecule has 4 heterocycles. The first-order valence-corrected chi connectivity index (χ1v) is 14.6. The summed E-state index contributed by atoms with van der Waals surface area (Å²) >= 11 is 1.96. The van der Waals surface area contributed by atoms with Crippen LogP contribution in [0.4, 0.5) is 9.18 Å². The zero-order valence-electron chi connectivity index (χ0n) is 23.1. The predicted molar refractivity (Wildman–Crippen MR) is 161 cm³/mol. The van der Waals surface area contributed by atoms with Crippen molar-refractivity contribution in [3.8, 4) is 28.1 Å². The number of benzene rings is 2. The maximum atomic E-state index is 16.3. The summed E-state index contributed by atoms with van der Waals surface area (Å²) in [4.78, 5) is 49.1. The average molecular weight is 711 g/mol. The maximum Gasteiger partial charge on any atom is 0.510 e. The van der Waals surface area contributed by atoms with Crippen LogP contribution < -0.4 is 15.2 Å². The Morgan fingerprint density at radius 3 is 2.82 bits per heavy atom. The fourth-order valence-corrected chi connectivity index (χ4v) is 6.50. The monoisotopic (exact) mass is 711 g/mol. The summed E-state index contributed by atoms with van der Waals surface area (Å²) in [6, 6.07) is 11.7. The van der Waals surface area contributed by atoms with Crippen molar-refractivity contribution in [3.63, 3.8) is 0 Å². The van der Waals surface area contributed by atoms with Crippen LogP contribution in [0.3, 0.4) is 0 Å². The molecule has 1 fully saturated rings. The van der Waals surface area contributed by atoms with E-state index in [2.05, 4.69) is 14.7 Å². The highest BCUT2D eigenvalue weighted by molar-refractivity contribution is 14.1. The van der Waals surface area contributed by atoms with Crippen LogP contribution in [-0.4, -0.2) is 71.4 Å². The minimum Gasteiger partial charge on any atom is -0.451 e. The van der Waals surface area contributed by atoms with Gasteiger partial charge < -0.3 is 23.8 Å². The van der Waals surface area contributed by atoms with Crippen LogP contribution in [0.2, 0.25) is 0 Å². The molecule has 4 aromatic rings. The van der Waals surface area contributed by atoms with E-state index in [1.807, 2.05) is 57.9 Å². The maximum absolute atomic E-state index is 16.3. The largest absolute Gasteiger partial charge is 0.510 e. The first-order valence-electron chi connectivity index (χ1n) is 13.5. The number of ether oxygens (including phenoxy) is 4. The Hall–Kier alpha value is -4.57. The second-order valence-corrected chi connectivity index (χ2v) is 11.3. The van der Waals surface area contributed by atoms with Gasteiger partial charge in [-0.1, -0.05) is 30.3 Å². The molecule has 224 valence electrons. The standard InChI is InChI=1S/C30H23FIN5O7/c1-41-30(40)44-15-43-28-21(38)8-9-36-27(28)29(39)35-10-11-42-13-22(35)37(36)26-17-5-3-2-4-16(17)19-12-33-14-34-25(19)23-18(26)6-7-20(32)24(23)31/h2-9,12,14,22,26H,10-11,13,15H2,1H3/t22-,26-/m1/s1. The summed E-state index contributed by atoms with van der Waals surface area (Å²) in [5.41, 5.74) is 2.91. The van der Waals surface area contributed by atoms with E-state index in [-0.39, 0.29) is 31.2 Å². The number of carbonyl (C=O) groups is 2. The van der Waals surface area contributed by atoms with Crippen LogP contribution in [0, 0.1) is 9.39 Å². The Labute approximate surface area is 263 Å². The zero-order valence-corrected chi connectivity index (χ0v) is 25.3. The van der Waals surface area contributed by atoms with Gasteiger partial charge in [0.1, 0.15) is 18.3 Å². The lowest BCUT2D eigenvalue weighted by Gasteiger charge is -2.51. The fraction of sp³-hybridized carbons (Fsp3) is 0.233. The fourth-order valence-electron chi connectivity index (χ4n) is 6.05. The number of halogens is 2. The van der Waals surface area contributed by atoms with Gasteiger partial charge in [0.15, 0.2) is 5.69 Å². The molecule has 14 heteroatoms. The van der Waals surface area contributed by atoms with E-state index in [4.69, 9.17) is 14.2 Å². The lowest BCUT2D eigenvalue weighted by molar-refractivity contribution is -0.0208. The molecule has 0 radical (unpaired) electrons. The summed E-state index contributed by atoms with van der Waals surface area (Å²) in [5.74, 6) is -1.21.